The van der Waals surface area contributed by atoms with Crippen molar-refractivity contribution in [2.45, 2.75) is 31.5 Å². The van der Waals surface area contributed by atoms with E-state index in [9.17, 15) is 10.2 Å². The summed E-state index contributed by atoms with van der Waals surface area (Å²) in [5.41, 5.74) is 0.977. The molecular formula is C14H21NO2. The second-order valence-corrected chi connectivity index (χ2v) is 4.81. The molecule has 17 heavy (non-hydrogen) atoms. The van der Waals surface area contributed by atoms with Crippen molar-refractivity contribution >= 4 is 0 Å². The summed E-state index contributed by atoms with van der Waals surface area (Å²) in [6.07, 6.45) is 2.13. The quantitative estimate of drug-likeness (QED) is 0.832. The van der Waals surface area contributed by atoms with E-state index in [2.05, 4.69) is 4.90 Å². The monoisotopic (exact) mass is 235 g/mol. The number of hydrogen-bond donors (Lipinski definition) is 2. The second-order valence-electron chi connectivity index (χ2n) is 4.81. The van der Waals surface area contributed by atoms with E-state index in [0.29, 0.717) is 0 Å². The van der Waals surface area contributed by atoms with Crippen molar-refractivity contribution in [3.8, 4) is 0 Å². The van der Waals surface area contributed by atoms with Gasteiger partial charge in [-0.25, -0.2) is 0 Å². The first-order valence-electron chi connectivity index (χ1n) is 6.39. The van der Waals surface area contributed by atoms with Crippen molar-refractivity contribution in [2.75, 3.05) is 19.6 Å². The molecule has 3 nitrogen and oxygen atoms in total. The molecule has 0 aliphatic carbocycles. The second kappa shape index (κ2) is 6.15. The van der Waals surface area contributed by atoms with E-state index in [1.165, 1.54) is 0 Å². The first kappa shape index (κ1) is 12.6. The Kier molecular flexibility index (Phi) is 4.54. The Morgan fingerprint density at radius 2 is 2.06 bits per heavy atom. The minimum absolute atomic E-state index is 0.183. The van der Waals surface area contributed by atoms with Crippen LogP contribution in [0.25, 0.3) is 0 Å². The number of β-amino-alcohol motifs (C(OH)–C–C–N with tert-alkyl or cyclic N) is 1. The van der Waals surface area contributed by atoms with Gasteiger partial charge in [0.1, 0.15) is 0 Å². The predicted molar refractivity (Wildman–Crippen MR) is 67.7 cm³/mol. The normalized spacial score (nSPS) is 23.5. The summed E-state index contributed by atoms with van der Waals surface area (Å²) in [7, 11) is 0. The summed E-state index contributed by atoms with van der Waals surface area (Å²) >= 11 is 0. The largest absolute Gasteiger partial charge is 0.392 e. The highest BCUT2D eigenvalue weighted by molar-refractivity contribution is 5.17. The molecular weight excluding hydrogens is 214 g/mol. The van der Waals surface area contributed by atoms with Gasteiger partial charge >= 0.3 is 0 Å². The van der Waals surface area contributed by atoms with E-state index in [0.717, 1.165) is 44.5 Å². The van der Waals surface area contributed by atoms with Gasteiger partial charge in [-0.15, -0.1) is 0 Å². The molecule has 1 fully saturated rings. The maximum atomic E-state index is 10.0. The Bertz CT molecular complexity index is 328. The van der Waals surface area contributed by atoms with Crippen molar-refractivity contribution in [1.82, 2.24) is 4.90 Å². The van der Waals surface area contributed by atoms with Gasteiger partial charge in [-0.3, -0.25) is 0 Å². The third-order valence-corrected chi connectivity index (χ3v) is 3.38. The molecule has 0 aromatic heterocycles. The van der Waals surface area contributed by atoms with Crippen LogP contribution in [0, 0.1) is 0 Å². The fourth-order valence-electron chi connectivity index (χ4n) is 2.38. The van der Waals surface area contributed by atoms with E-state index in [4.69, 9.17) is 0 Å². The van der Waals surface area contributed by atoms with E-state index in [-0.39, 0.29) is 6.10 Å². The highest BCUT2D eigenvalue weighted by Gasteiger charge is 2.18. The molecule has 2 N–H and O–H groups in total. The summed E-state index contributed by atoms with van der Waals surface area (Å²) < 4.78 is 0. The van der Waals surface area contributed by atoms with Crippen LogP contribution < -0.4 is 0 Å². The third kappa shape index (κ3) is 3.80. The van der Waals surface area contributed by atoms with Gasteiger partial charge in [0, 0.05) is 13.1 Å². The first-order valence-corrected chi connectivity index (χ1v) is 6.39. The molecule has 0 amide bonds. The van der Waals surface area contributed by atoms with Crippen LogP contribution in [0.4, 0.5) is 0 Å². The maximum absolute atomic E-state index is 10.0. The molecule has 1 aliphatic heterocycles. The summed E-state index contributed by atoms with van der Waals surface area (Å²) in [5.74, 6) is 0. The van der Waals surface area contributed by atoms with E-state index in [1.54, 1.807) is 0 Å². The molecule has 2 atom stereocenters. The molecule has 0 bridgehead atoms. The van der Waals surface area contributed by atoms with Crippen LogP contribution in [0.1, 0.15) is 30.9 Å². The SMILES string of the molecule is OC1CCCN(CCC(O)c2ccccc2)C1. The molecule has 0 radical (unpaired) electrons. The molecule has 1 heterocycles. The van der Waals surface area contributed by atoms with Crippen molar-refractivity contribution < 1.29 is 10.2 Å². The lowest BCUT2D eigenvalue weighted by molar-refractivity contribution is 0.0590. The Morgan fingerprint density at radius 3 is 2.76 bits per heavy atom. The standard InChI is InChI=1S/C14H21NO2/c16-13-7-4-9-15(11-13)10-8-14(17)12-5-2-1-3-6-12/h1-3,5-6,13-14,16-17H,4,7-11H2. The number of aliphatic hydroxyl groups excluding tert-OH is 2. The third-order valence-electron chi connectivity index (χ3n) is 3.38. The zero-order chi connectivity index (χ0) is 12.1. The van der Waals surface area contributed by atoms with Crippen molar-refractivity contribution in [3.63, 3.8) is 0 Å². The molecule has 2 rings (SSSR count). The molecule has 1 saturated heterocycles. The number of nitrogens with zero attached hydrogens (tertiary/aromatic N) is 1. The van der Waals surface area contributed by atoms with Gasteiger partial charge in [-0.1, -0.05) is 30.3 Å². The van der Waals surface area contributed by atoms with Gasteiger partial charge in [0.05, 0.1) is 12.2 Å². The van der Waals surface area contributed by atoms with Gasteiger partial charge < -0.3 is 15.1 Å². The molecule has 0 spiro atoms. The number of likely N-dealkylation sites (tertiary alicyclic amines) is 1. The average Bonchev–Trinajstić information content (AvgIpc) is 2.37. The van der Waals surface area contributed by atoms with Crippen LogP contribution in [-0.2, 0) is 0 Å². The van der Waals surface area contributed by atoms with Crippen molar-refractivity contribution in [1.29, 1.82) is 0 Å². The lowest BCUT2D eigenvalue weighted by Gasteiger charge is -2.30. The van der Waals surface area contributed by atoms with E-state index < -0.39 is 6.10 Å². The topological polar surface area (TPSA) is 43.7 Å². The number of aliphatic hydroxyl groups is 2. The lowest BCUT2D eigenvalue weighted by Crippen LogP contribution is -2.39. The van der Waals surface area contributed by atoms with Crippen molar-refractivity contribution in [3.05, 3.63) is 35.9 Å². The molecule has 1 aliphatic rings. The lowest BCUT2D eigenvalue weighted by atomic mass is 10.0. The molecule has 1 aromatic rings. The average molecular weight is 235 g/mol. The summed E-state index contributed by atoms with van der Waals surface area (Å²) in [6.45, 7) is 2.65. The molecule has 2 unspecified atom stereocenters. The number of rotatable bonds is 4. The van der Waals surface area contributed by atoms with Crippen LogP contribution >= 0.6 is 0 Å². The summed E-state index contributed by atoms with van der Waals surface area (Å²) in [6, 6.07) is 9.76. The zero-order valence-electron chi connectivity index (χ0n) is 10.1. The number of hydrogen-bond acceptors (Lipinski definition) is 3. The Hall–Kier alpha value is -0.900. The highest BCUT2D eigenvalue weighted by atomic mass is 16.3. The van der Waals surface area contributed by atoms with Crippen LogP contribution in [0.2, 0.25) is 0 Å². The van der Waals surface area contributed by atoms with Gasteiger partial charge in [0.25, 0.3) is 0 Å². The zero-order valence-corrected chi connectivity index (χ0v) is 10.1. The van der Waals surface area contributed by atoms with Gasteiger partial charge in [0.15, 0.2) is 0 Å². The fourth-order valence-corrected chi connectivity index (χ4v) is 2.38. The number of piperidine rings is 1. The van der Waals surface area contributed by atoms with Crippen LogP contribution in [0.3, 0.4) is 0 Å². The Balaban J connectivity index is 1.78. The first-order chi connectivity index (χ1) is 8.25. The Labute approximate surface area is 103 Å². The minimum Gasteiger partial charge on any atom is -0.392 e. The Morgan fingerprint density at radius 1 is 1.29 bits per heavy atom. The van der Waals surface area contributed by atoms with Gasteiger partial charge in [0.2, 0.25) is 0 Å². The molecule has 94 valence electrons. The summed E-state index contributed by atoms with van der Waals surface area (Å²) in [5, 5.41) is 19.6. The minimum atomic E-state index is -0.393. The van der Waals surface area contributed by atoms with Gasteiger partial charge in [-0.2, -0.15) is 0 Å². The molecule has 1 aromatic carbocycles. The fraction of sp³-hybridized carbons (Fsp3) is 0.571. The van der Waals surface area contributed by atoms with Crippen molar-refractivity contribution in [2.24, 2.45) is 0 Å². The smallest absolute Gasteiger partial charge is 0.0802 e. The molecule has 3 heteroatoms. The van der Waals surface area contributed by atoms with Crippen LogP contribution in [0.15, 0.2) is 30.3 Å². The number of benzene rings is 1. The highest BCUT2D eigenvalue weighted by Crippen LogP contribution is 2.18. The maximum Gasteiger partial charge on any atom is 0.0802 e. The van der Waals surface area contributed by atoms with Crippen LogP contribution in [0.5, 0.6) is 0 Å². The molecule has 0 saturated carbocycles. The van der Waals surface area contributed by atoms with E-state index >= 15 is 0 Å². The van der Waals surface area contributed by atoms with E-state index in [1.807, 2.05) is 30.3 Å². The predicted octanol–water partition coefficient (Wildman–Crippen LogP) is 1.57. The summed E-state index contributed by atoms with van der Waals surface area (Å²) in [4.78, 5) is 2.24. The van der Waals surface area contributed by atoms with Gasteiger partial charge in [-0.05, 0) is 31.4 Å². The van der Waals surface area contributed by atoms with Crippen LogP contribution in [-0.4, -0.2) is 40.9 Å².